The number of hydrogen-bond acceptors (Lipinski definition) is 5. The monoisotopic (exact) mass is 434 g/mol. The van der Waals surface area contributed by atoms with Crippen LogP contribution in [-0.2, 0) is 0 Å². The number of hydrogen-bond donors (Lipinski definition) is 3. The van der Waals surface area contributed by atoms with Gasteiger partial charge in [0.25, 0.3) is 0 Å². The number of aromatic nitrogens is 2. The molecule has 160 valence electrons. The van der Waals surface area contributed by atoms with Gasteiger partial charge in [-0.2, -0.15) is 5.10 Å². The van der Waals surface area contributed by atoms with E-state index in [0.717, 1.165) is 29.1 Å². The van der Waals surface area contributed by atoms with E-state index in [-0.39, 0.29) is 22.9 Å². The second-order valence-corrected chi connectivity index (χ2v) is 7.96. The molecule has 0 saturated carbocycles. The summed E-state index contributed by atoms with van der Waals surface area (Å²) in [6.07, 6.45) is 5.14. The molecule has 8 heteroatoms. The summed E-state index contributed by atoms with van der Waals surface area (Å²) < 4.78 is 1.72. The number of thiocarbonyl (C=S) groups is 1. The SMILES string of the molecule is Cc1nn(-c2ccccc2N([O-])O)c(C)c1C1C=CC(NC(=S)Nc2ccccc2)C1. The molecule has 0 bridgehead atoms. The molecule has 0 aliphatic heterocycles. The van der Waals surface area contributed by atoms with E-state index in [9.17, 15) is 10.4 Å². The third kappa shape index (κ3) is 4.46. The van der Waals surface area contributed by atoms with Crippen LogP contribution in [0.2, 0.25) is 0 Å². The zero-order chi connectivity index (χ0) is 22.0. The van der Waals surface area contributed by atoms with Gasteiger partial charge < -0.3 is 21.1 Å². The van der Waals surface area contributed by atoms with Gasteiger partial charge in [0.2, 0.25) is 0 Å². The fourth-order valence-corrected chi connectivity index (χ4v) is 4.38. The third-order valence-corrected chi connectivity index (χ3v) is 5.69. The van der Waals surface area contributed by atoms with Crippen LogP contribution in [0.4, 0.5) is 11.4 Å². The Morgan fingerprint density at radius 2 is 1.84 bits per heavy atom. The van der Waals surface area contributed by atoms with Gasteiger partial charge >= 0.3 is 0 Å². The van der Waals surface area contributed by atoms with Crippen LogP contribution in [0.1, 0.15) is 29.3 Å². The topological polar surface area (TPSA) is 88.4 Å². The zero-order valence-electron chi connectivity index (χ0n) is 17.3. The average Bonchev–Trinajstić information content (AvgIpc) is 3.31. The molecule has 3 aromatic rings. The Bertz CT molecular complexity index is 1110. The third-order valence-electron chi connectivity index (χ3n) is 5.47. The Hall–Kier alpha value is -3.20. The highest BCUT2D eigenvalue weighted by Crippen LogP contribution is 2.35. The van der Waals surface area contributed by atoms with Crippen molar-refractivity contribution in [3.05, 3.63) is 88.9 Å². The van der Waals surface area contributed by atoms with Crippen LogP contribution in [0, 0.1) is 19.1 Å². The highest BCUT2D eigenvalue weighted by atomic mass is 32.1. The minimum atomic E-state index is -0.123. The molecule has 1 heterocycles. The molecule has 1 aliphatic carbocycles. The second-order valence-electron chi connectivity index (χ2n) is 7.56. The van der Waals surface area contributed by atoms with Gasteiger partial charge in [-0.15, -0.1) is 0 Å². The Balaban J connectivity index is 1.49. The zero-order valence-corrected chi connectivity index (χ0v) is 18.1. The molecule has 2 aromatic carbocycles. The first-order valence-electron chi connectivity index (χ1n) is 10.1. The molecule has 31 heavy (non-hydrogen) atoms. The molecule has 0 saturated heterocycles. The van der Waals surface area contributed by atoms with E-state index in [1.54, 1.807) is 22.9 Å². The first-order chi connectivity index (χ1) is 14.9. The van der Waals surface area contributed by atoms with Crippen LogP contribution in [0.5, 0.6) is 0 Å². The van der Waals surface area contributed by atoms with E-state index in [4.69, 9.17) is 12.2 Å². The standard InChI is InChI=1S/C23H24N5O2S/c1-15-22(16(2)27(26-15)20-10-6-7-11-21(20)28(29)30)17-12-13-19(14-17)25-23(31)24-18-8-4-3-5-9-18/h3-13,17,19,29H,14H2,1-2H3,(H2,24,25,31)/q-1. The highest BCUT2D eigenvalue weighted by Gasteiger charge is 2.27. The maximum atomic E-state index is 11.6. The van der Waals surface area contributed by atoms with Crippen molar-refractivity contribution in [3.63, 3.8) is 0 Å². The van der Waals surface area contributed by atoms with Gasteiger partial charge in [-0.05, 0) is 56.8 Å². The van der Waals surface area contributed by atoms with Crippen LogP contribution in [0.25, 0.3) is 5.69 Å². The number of nitrogens with zero attached hydrogens (tertiary/aromatic N) is 3. The number of anilines is 2. The molecule has 4 rings (SSSR count). The smallest absolute Gasteiger partial charge is 0.171 e. The number of allylic oxidation sites excluding steroid dienone is 1. The minimum absolute atomic E-state index is 0.109. The van der Waals surface area contributed by atoms with E-state index in [1.165, 1.54) is 0 Å². The lowest BCUT2D eigenvalue weighted by atomic mass is 9.96. The van der Waals surface area contributed by atoms with Crippen molar-refractivity contribution in [2.45, 2.75) is 32.2 Å². The van der Waals surface area contributed by atoms with Crippen molar-refractivity contribution in [1.82, 2.24) is 15.1 Å². The van der Waals surface area contributed by atoms with Gasteiger partial charge in [0.05, 0.1) is 17.1 Å². The van der Waals surface area contributed by atoms with Gasteiger partial charge in [0.1, 0.15) is 0 Å². The maximum Gasteiger partial charge on any atom is 0.171 e. The van der Waals surface area contributed by atoms with Crippen molar-refractivity contribution < 1.29 is 5.21 Å². The van der Waals surface area contributed by atoms with E-state index in [1.807, 2.05) is 50.2 Å². The van der Waals surface area contributed by atoms with E-state index >= 15 is 0 Å². The molecule has 0 fully saturated rings. The van der Waals surface area contributed by atoms with Crippen LogP contribution in [0.15, 0.2) is 66.7 Å². The summed E-state index contributed by atoms with van der Waals surface area (Å²) in [6, 6.07) is 16.8. The van der Waals surface area contributed by atoms with Gasteiger partial charge in [0.15, 0.2) is 5.11 Å². The van der Waals surface area contributed by atoms with Crippen molar-refractivity contribution in [2.75, 3.05) is 10.5 Å². The number of aryl methyl sites for hydroxylation is 1. The lowest BCUT2D eigenvalue weighted by Crippen LogP contribution is -2.35. The fraction of sp³-hybridized carbons (Fsp3) is 0.217. The van der Waals surface area contributed by atoms with E-state index < -0.39 is 0 Å². The quantitative estimate of drug-likeness (QED) is 0.308. The molecular formula is C23H24N5O2S-. The first-order valence-corrected chi connectivity index (χ1v) is 10.5. The van der Waals surface area contributed by atoms with E-state index in [2.05, 4.69) is 27.9 Å². The molecule has 7 nitrogen and oxygen atoms in total. The molecule has 0 spiro atoms. The number of benzene rings is 2. The summed E-state index contributed by atoms with van der Waals surface area (Å²) in [6.45, 7) is 3.94. The summed E-state index contributed by atoms with van der Waals surface area (Å²) in [4.78, 5) is 0. The van der Waals surface area contributed by atoms with Crippen molar-refractivity contribution in [1.29, 1.82) is 0 Å². The van der Waals surface area contributed by atoms with Gasteiger partial charge in [-0.25, -0.2) is 4.68 Å². The van der Waals surface area contributed by atoms with Gasteiger partial charge in [0, 0.05) is 28.9 Å². The van der Waals surface area contributed by atoms with Crippen LogP contribution >= 0.6 is 12.2 Å². The Kier molecular flexibility index (Phi) is 6.03. The Morgan fingerprint density at radius 1 is 1.13 bits per heavy atom. The maximum absolute atomic E-state index is 11.6. The lowest BCUT2D eigenvalue weighted by Gasteiger charge is -2.24. The highest BCUT2D eigenvalue weighted by molar-refractivity contribution is 7.80. The normalized spacial score (nSPS) is 17.5. The second kappa shape index (κ2) is 8.89. The lowest BCUT2D eigenvalue weighted by molar-refractivity contribution is 0.296. The molecule has 0 radical (unpaired) electrons. The largest absolute Gasteiger partial charge is 0.733 e. The van der Waals surface area contributed by atoms with Crippen LogP contribution in [0.3, 0.4) is 0 Å². The summed E-state index contributed by atoms with van der Waals surface area (Å²) in [5.74, 6) is 0.176. The fourth-order valence-electron chi connectivity index (χ4n) is 4.11. The molecule has 1 aromatic heterocycles. The van der Waals surface area contributed by atoms with Crippen molar-refractivity contribution in [3.8, 4) is 5.69 Å². The predicted octanol–water partition coefficient (Wildman–Crippen LogP) is 4.58. The van der Waals surface area contributed by atoms with Gasteiger partial charge in [-0.1, -0.05) is 42.5 Å². The summed E-state index contributed by atoms with van der Waals surface area (Å²) in [5.41, 5.74) is 4.58. The molecule has 2 atom stereocenters. The van der Waals surface area contributed by atoms with Crippen LogP contribution < -0.4 is 15.9 Å². The Labute approximate surface area is 186 Å². The first kappa shape index (κ1) is 21.0. The summed E-state index contributed by atoms with van der Waals surface area (Å²) >= 11 is 5.46. The summed E-state index contributed by atoms with van der Waals surface area (Å²) in [7, 11) is 0. The molecule has 1 aliphatic rings. The molecule has 3 N–H and O–H groups in total. The van der Waals surface area contributed by atoms with E-state index in [0.29, 0.717) is 10.8 Å². The minimum Gasteiger partial charge on any atom is -0.733 e. The molecule has 0 amide bonds. The van der Waals surface area contributed by atoms with Gasteiger partial charge in [-0.3, -0.25) is 5.21 Å². The summed E-state index contributed by atoms with van der Waals surface area (Å²) in [5, 5.41) is 32.7. The van der Waals surface area contributed by atoms with Crippen LogP contribution in [-0.4, -0.2) is 26.1 Å². The average molecular weight is 435 g/mol. The van der Waals surface area contributed by atoms with Crippen molar-refractivity contribution in [2.24, 2.45) is 0 Å². The number of para-hydroxylation sites is 3. The Morgan fingerprint density at radius 3 is 2.58 bits per heavy atom. The number of nitrogens with one attached hydrogen (secondary N) is 2. The number of rotatable bonds is 5. The predicted molar refractivity (Wildman–Crippen MR) is 127 cm³/mol. The van der Waals surface area contributed by atoms with Crippen molar-refractivity contribution >= 4 is 28.7 Å². The molecular weight excluding hydrogens is 410 g/mol. The molecule has 2 unspecified atom stereocenters.